The number of pyridine rings is 1. The van der Waals surface area contributed by atoms with Crippen LogP contribution >= 0.6 is 0 Å². The SMILES string of the molecule is COS(=O)(=O)Cc1c(C)nc(CC(C)C)c(CNC(=O)OC(C)(C)C)c1-c1ccc(C)cc1. The predicted molar refractivity (Wildman–Crippen MR) is 130 cm³/mol. The zero-order valence-corrected chi connectivity index (χ0v) is 21.7. The van der Waals surface area contributed by atoms with E-state index < -0.39 is 21.8 Å². The topological polar surface area (TPSA) is 94.6 Å². The molecule has 182 valence electrons. The highest BCUT2D eigenvalue weighted by atomic mass is 32.2. The van der Waals surface area contributed by atoms with Crippen molar-refractivity contribution < 1.29 is 22.1 Å². The lowest BCUT2D eigenvalue weighted by molar-refractivity contribution is 0.0523. The average molecular weight is 477 g/mol. The van der Waals surface area contributed by atoms with Gasteiger partial charge in [-0.3, -0.25) is 9.17 Å². The number of alkyl carbamates (subject to hydrolysis) is 1. The fraction of sp³-hybridized carbons (Fsp3) is 0.520. The van der Waals surface area contributed by atoms with Crippen LogP contribution in [0.1, 0.15) is 62.7 Å². The van der Waals surface area contributed by atoms with E-state index in [4.69, 9.17) is 13.9 Å². The van der Waals surface area contributed by atoms with E-state index in [0.717, 1.165) is 35.1 Å². The van der Waals surface area contributed by atoms with Crippen LogP contribution in [0.3, 0.4) is 0 Å². The highest BCUT2D eigenvalue weighted by Crippen LogP contribution is 2.34. The van der Waals surface area contributed by atoms with Crippen LogP contribution in [-0.2, 0) is 37.8 Å². The Morgan fingerprint density at radius 1 is 1.09 bits per heavy atom. The number of aryl methyl sites for hydroxylation is 2. The van der Waals surface area contributed by atoms with Crippen LogP contribution in [0.5, 0.6) is 0 Å². The summed E-state index contributed by atoms with van der Waals surface area (Å²) in [5.41, 5.74) is 4.88. The number of amides is 1. The van der Waals surface area contributed by atoms with Crippen molar-refractivity contribution >= 4 is 16.2 Å². The standard InChI is InChI=1S/C25H36N2O5S/c1-16(2)13-22-20(14-26-24(28)32-25(5,6)7)23(19-11-9-17(3)10-12-19)21(18(4)27-22)15-33(29,30)31-8/h9-12,16H,13-15H2,1-8H3,(H,26,28). The highest BCUT2D eigenvalue weighted by Gasteiger charge is 2.25. The van der Waals surface area contributed by atoms with Crippen molar-refractivity contribution in [2.24, 2.45) is 5.92 Å². The maximum Gasteiger partial charge on any atom is 0.407 e. The van der Waals surface area contributed by atoms with Gasteiger partial charge in [0.05, 0.1) is 7.11 Å². The molecular formula is C25H36N2O5S. The van der Waals surface area contributed by atoms with Crippen LogP contribution in [0.4, 0.5) is 4.79 Å². The van der Waals surface area contributed by atoms with Crippen molar-refractivity contribution in [1.82, 2.24) is 10.3 Å². The zero-order chi connectivity index (χ0) is 25.0. The first kappa shape index (κ1) is 26.8. The summed E-state index contributed by atoms with van der Waals surface area (Å²) in [4.78, 5) is 17.2. The number of nitrogens with one attached hydrogen (secondary N) is 1. The second-order valence-corrected chi connectivity index (χ2v) is 11.4. The van der Waals surface area contributed by atoms with Gasteiger partial charge in [0, 0.05) is 23.5 Å². The summed E-state index contributed by atoms with van der Waals surface area (Å²) in [7, 11) is -2.64. The maximum atomic E-state index is 12.4. The van der Waals surface area contributed by atoms with Gasteiger partial charge in [-0.2, -0.15) is 8.42 Å². The van der Waals surface area contributed by atoms with Gasteiger partial charge in [0.2, 0.25) is 0 Å². The van der Waals surface area contributed by atoms with E-state index in [1.807, 2.05) is 38.1 Å². The molecule has 7 nitrogen and oxygen atoms in total. The zero-order valence-electron chi connectivity index (χ0n) is 20.9. The average Bonchev–Trinajstić information content (AvgIpc) is 2.68. The van der Waals surface area contributed by atoms with E-state index >= 15 is 0 Å². The predicted octanol–water partition coefficient (Wildman–Crippen LogP) is 5.06. The van der Waals surface area contributed by atoms with Crippen molar-refractivity contribution in [3.63, 3.8) is 0 Å². The number of hydrogen-bond donors (Lipinski definition) is 1. The molecule has 33 heavy (non-hydrogen) atoms. The smallest absolute Gasteiger partial charge is 0.407 e. The molecule has 1 amide bonds. The highest BCUT2D eigenvalue weighted by molar-refractivity contribution is 7.85. The molecule has 0 spiro atoms. The summed E-state index contributed by atoms with van der Waals surface area (Å²) in [6, 6.07) is 7.88. The Morgan fingerprint density at radius 3 is 2.21 bits per heavy atom. The molecule has 0 aliphatic heterocycles. The number of rotatable bonds is 8. The van der Waals surface area contributed by atoms with E-state index in [1.165, 1.54) is 0 Å². The molecule has 8 heteroatoms. The van der Waals surface area contributed by atoms with Crippen LogP contribution in [0.15, 0.2) is 24.3 Å². The van der Waals surface area contributed by atoms with Crippen LogP contribution < -0.4 is 5.32 Å². The number of carbonyl (C=O) groups excluding carboxylic acids is 1. The lowest BCUT2D eigenvalue weighted by atomic mass is 9.90. The van der Waals surface area contributed by atoms with Crippen molar-refractivity contribution in [1.29, 1.82) is 0 Å². The molecular weight excluding hydrogens is 440 g/mol. The van der Waals surface area contributed by atoms with Crippen LogP contribution in [-0.4, -0.2) is 32.2 Å². The van der Waals surface area contributed by atoms with Crippen LogP contribution in [0, 0.1) is 19.8 Å². The minimum atomic E-state index is -3.79. The van der Waals surface area contributed by atoms with Gasteiger partial charge in [-0.25, -0.2) is 4.79 Å². The molecule has 0 unspecified atom stereocenters. The second kappa shape index (κ2) is 10.7. The summed E-state index contributed by atoms with van der Waals surface area (Å²) >= 11 is 0. The summed E-state index contributed by atoms with van der Waals surface area (Å²) in [6.45, 7) is 13.6. The summed E-state index contributed by atoms with van der Waals surface area (Å²) < 4.78 is 35.0. The van der Waals surface area contributed by atoms with E-state index in [-0.39, 0.29) is 12.3 Å². The van der Waals surface area contributed by atoms with E-state index in [1.54, 1.807) is 20.8 Å². The Bertz CT molecular complexity index is 1090. The molecule has 0 saturated carbocycles. The van der Waals surface area contributed by atoms with Gasteiger partial charge < -0.3 is 10.1 Å². The Morgan fingerprint density at radius 2 is 1.70 bits per heavy atom. The van der Waals surface area contributed by atoms with Crippen LogP contribution in [0.25, 0.3) is 11.1 Å². The molecule has 0 aliphatic rings. The van der Waals surface area contributed by atoms with Gasteiger partial charge in [0.15, 0.2) is 0 Å². The van der Waals surface area contributed by atoms with Gasteiger partial charge in [-0.05, 0) is 63.6 Å². The third-order valence-corrected chi connectivity index (χ3v) is 6.17. The van der Waals surface area contributed by atoms with Gasteiger partial charge in [-0.15, -0.1) is 0 Å². The minimum Gasteiger partial charge on any atom is -0.444 e. The fourth-order valence-electron chi connectivity index (χ4n) is 3.55. The Hall–Kier alpha value is -2.45. The third-order valence-electron chi connectivity index (χ3n) is 5.02. The van der Waals surface area contributed by atoms with Crippen molar-refractivity contribution in [2.45, 2.75) is 72.8 Å². The summed E-state index contributed by atoms with van der Waals surface area (Å²) in [6.07, 6.45) is 0.141. The van der Waals surface area contributed by atoms with Crippen LogP contribution in [0.2, 0.25) is 0 Å². The molecule has 0 bridgehead atoms. The van der Waals surface area contributed by atoms with Crippen molar-refractivity contribution in [3.8, 4) is 11.1 Å². The molecule has 1 heterocycles. The van der Waals surface area contributed by atoms with E-state index in [2.05, 4.69) is 19.2 Å². The first-order chi connectivity index (χ1) is 15.2. The molecule has 1 N–H and O–H groups in total. The molecule has 0 atom stereocenters. The van der Waals surface area contributed by atoms with Gasteiger partial charge in [0.25, 0.3) is 10.1 Å². The number of hydrogen-bond acceptors (Lipinski definition) is 6. The number of carbonyl (C=O) groups is 1. The maximum absolute atomic E-state index is 12.4. The molecule has 0 aliphatic carbocycles. The lowest BCUT2D eigenvalue weighted by Gasteiger charge is -2.23. The molecule has 1 aromatic heterocycles. The third kappa shape index (κ3) is 7.82. The summed E-state index contributed by atoms with van der Waals surface area (Å²) in [5, 5.41) is 2.83. The molecule has 1 aromatic carbocycles. The molecule has 0 fully saturated rings. The molecule has 0 saturated heterocycles. The number of ether oxygens (including phenoxy) is 1. The van der Waals surface area contributed by atoms with Gasteiger partial charge >= 0.3 is 6.09 Å². The Balaban J connectivity index is 2.72. The number of aromatic nitrogens is 1. The minimum absolute atomic E-state index is 0.160. The monoisotopic (exact) mass is 476 g/mol. The lowest BCUT2D eigenvalue weighted by Crippen LogP contribution is -2.32. The summed E-state index contributed by atoms with van der Waals surface area (Å²) in [5.74, 6) is 0.00374. The number of nitrogens with zero attached hydrogens (tertiary/aromatic N) is 1. The first-order valence-corrected chi connectivity index (χ1v) is 12.6. The van der Waals surface area contributed by atoms with E-state index in [9.17, 15) is 13.2 Å². The molecule has 2 aromatic rings. The molecule has 2 rings (SSSR count). The Kier molecular flexibility index (Phi) is 8.65. The largest absolute Gasteiger partial charge is 0.444 e. The quantitative estimate of drug-likeness (QED) is 0.535. The molecule has 0 radical (unpaired) electrons. The second-order valence-electron chi connectivity index (χ2n) is 9.66. The van der Waals surface area contributed by atoms with Crippen molar-refractivity contribution in [3.05, 3.63) is 52.3 Å². The first-order valence-electron chi connectivity index (χ1n) is 11.1. The fourth-order valence-corrected chi connectivity index (χ4v) is 4.37. The van der Waals surface area contributed by atoms with Crippen molar-refractivity contribution in [2.75, 3.05) is 7.11 Å². The normalized spacial score (nSPS) is 12.2. The van der Waals surface area contributed by atoms with E-state index in [0.29, 0.717) is 23.6 Å². The van der Waals surface area contributed by atoms with Gasteiger partial charge in [-0.1, -0.05) is 43.7 Å². The Labute approximate surface area is 198 Å². The number of benzene rings is 1. The van der Waals surface area contributed by atoms with Gasteiger partial charge in [0.1, 0.15) is 11.4 Å².